The van der Waals surface area contributed by atoms with E-state index in [1.807, 2.05) is 6.07 Å². The minimum absolute atomic E-state index is 0.0985. The van der Waals surface area contributed by atoms with Crippen LogP contribution in [0.5, 0.6) is 5.75 Å². The van der Waals surface area contributed by atoms with E-state index in [0.717, 1.165) is 3.57 Å². The number of nitrogens with one attached hydrogen (secondary N) is 1. The van der Waals surface area contributed by atoms with Crippen molar-refractivity contribution >= 4 is 45.8 Å². The lowest BCUT2D eigenvalue weighted by atomic mass is 10.1. The molecular formula is C14H11ClINO2. The summed E-state index contributed by atoms with van der Waals surface area (Å²) in [4.78, 5) is 12.1. The molecule has 0 saturated heterocycles. The summed E-state index contributed by atoms with van der Waals surface area (Å²) in [6.07, 6.45) is 0. The molecule has 0 heterocycles. The van der Waals surface area contributed by atoms with Crippen LogP contribution in [-0.2, 0) is 0 Å². The van der Waals surface area contributed by atoms with Gasteiger partial charge in [0.1, 0.15) is 5.75 Å². The molecule has 19 heavy (non-hydrogen) atoms. The quantitative estimate of drug-likeness (QED) is 0.758. The van der Waals surface area contributed by atoms with Crippen molar-refractivity contribution < 1.29 is 9.90 Å². The van der Waals surface area contributed by atoms with Crippen LogP contribution in [0.25, 0.3) is 0 Å². The highest BCUT2D eigenvalue weighted by Gasteiger charge is 2.12. The van der Waals surface area contributed by atoms with Crippen LogP contribution in [0, 0.1) is 10.5 Å². The first-order chi connectivity index (χ1) is 8.99. The molecule has 0 fully saturated rings. The Morgan fingerprint density at radius 3 is 2.74 bits per heavy atom. The summed E-state index contributed by atoms with van der Waals surface area (Å²) in [5.74, 6) is -0.196. The number of carbonyl (C=O) groups is 1. The molecule has 0 aliphatic carbocycles. The monoisotopic (exact) mass is 387 g/mol. The van der Waals surface area contributed by atoms with E-state index in [0.29, 0.717) is 21.8 Å². The van der Waals surface area contributed by atoms with Gasteiger partial charge in [-0.05, 0) is 59.8 Å². The number of amides is 1. The van der Waals surface area contributed by atoms with E-state index in [2.05, 4.69) is 27.9 Å². The second-order valence-corrected chi connectivity index (χ2v) is 5.68. The minimum atomic E-state index is -0.295. The molecule has 0 aliphatic heterocycles. The zero-order valence-corrected chi connectivity index (χ0v) is 13.0. The van der Waals surface area contributed by atoms with Crippen molar-refractivity contribution in [1.29, 1.82) is 0 Å². The summed E-state index contributed by atoms with van der Waals surface area (Å²) in [6, 6.07) is 10.2. The number of hydrogen-bond donors (Lipinski definition) is 2. The van der Waals surface area contributed by atoms with E-state index in [4.69, 9.17) is 11.6 Å². The molecule has 0 aromatic heterocycles. The fourth-order valence-electron chi connectivity index (χ4n) is 1.65. The van der Waals surface area contributed by atoms with Gasteiger partial charge in [-0.15, -0.1) is 0 Å². The van der Waals surface area contributed by atoms with Crippen LogP contribution in [-0.4, -0.2) is 11.0 Å². The maximum atomic E-state index is 12.1. The summed E-state index contributed by atoms with van der Waals surface area (Å²) < 4.78 is 0.995. The van der Waals surface area contributed by atoms with Gasteiger partial charge in [-0.1, -0.05) is 17.7 Å². The molecule has 0 radical (unpaired) electrons. The zero-order chi connectivity index (χ0) is 14.0. The van der Waals surface area contributed by atoms with Crippen molar-refractivity contribution in [3.63, 3.8) is 0 Å². The van der Waals surface area contributed by atoms with E-state index >= 15 is 0 Å². The predicted octanol–water partition coefficient (Wildman–Crippen LogP) is 4.21. The fourth-order valence-corrected chi connectivity index (χ4v) is 2.55. The Balaban J connectivity index is 2.28. The Morgan fingerprint density at radius 1 is 1.32 bits per heavy atom. The predicted molar refractivity (Wildman–Crippen MR) is 85.0 cm³/mol. The summed E-state index contributed by atoms with van der Waals surface area (Å²) in [6.45, 7) is 1.69. The minimum Gasteiger partial charge on any atom is -0.508 e. The van der Waals surface area contributed by atoms with E-state index in [-0.39, 0.29) is 11.7 Å². The van der Waals surface area contributed by atoms with Crippen LogP contribution < -0.4 is 5.32 Å². The summed E-state index contributed by atoms with van der Waals surface area (Å²) in [7, 11) is 0. The van der Waals surface area contributed by atoms with Gasteiger partial charge in [-0.3, -0.25) is 4.79 Å². The third kappa shape index (κ3) is 3.19. The number of phenols is 1. The number of halogens is 2. The maximum Gasteiger partial charge on any atom is 0.256 e. The Morgan fingerprint density at radius 2 is 2.05 bits per heavy atom. The molecule has 2 N–H and O–H groups in total. The van der Waals surface area contributed by atoms with Gasteiger partial charge in [0, 0.05) is 14.7 Å². The summed E-state index contributed by atoms with van der Waals surface area (Å²) in [5.41, 5.74) is 1.52. The van der Waals surface area contributed by atoms with Crippen LogP contribution in [0.4, 0.5) is 5.69 Å². The van der Waals surface area contributed by atoms with Crippen LogP contribution in [0.3, 0.4) is 0 Å². The first-order valence-electron chi connectivity index (χ1n) is 5.54. The SMILES string of the molecule is Cc1c(O)cccc1C(=O)Nc1ccc(I)cc1Cl. The largest absolute Gasteiger partial charge is 0.508 e. The molecule has 3 nitrogen and oxygen atoms in total. The van der Waals surface area contributed by atoms with E-state index in [1.165, 1.54) is 0 Å². The topological polar surface area (TPSA) is 49.3 Å². The Bertz CT molecular complexity index is 643. The molecule has 1 amide bonds. The summed E-state index contributed by atoms with van der Waals surface area (Å²) in [5, 5.41) is 12.8. The fraction of sp³-hybridized carbons (Fsp3) is 0.0714. The number of hydrogen-bond acceptors (Lipinski definition) is 2. The number of anilines is 1. The average molecular weight is 388 g/mol. The van der Waals surface area contributed by atoms with Crippen molar-refractivity contribution in [2.75, 3.05) is 5.32 Å². The van der Waals surface area contributed by atoms with Crippen LogP contribution in [0.1, 0.15) is 15.9 Å². The van der Waals surface area contributed by atoms with Crippen LogP contribution in [0.15, 0.2) is 36.4 Å². The first kappa shape index (κ1) is 14.1. The average Bonchev–Trinajstić information content (AvgIpc) is 2.36. The highest BCUT2D eigenvalue weighted by Crippen LogP contribution is 2.26. The normalized spacial score (nSPS) is 10.3. The molecule has 0 saturated carbocycles. The standard InChI is InChI=1S/C14H11ClINO2/c1-8-10(3-2-4-13(8)18)14(19)17-12-6-5-9(16)7-11(12)15/h2-7,18H,1H3,(H,17,19). The molecule has 98 valence electrons. The number of phenolic OH excluding ortho intramolecular Hbond substituents is 1. The Labute approximate surface area is 129 Å². The highest BCUT2D eigenvalue weighted by molar-refractivity contribution is 14.1. The lowest BCUT2D eigenvalue weighted by molar-refractivity contribution is 0.102. The summed E-state index contributed by atoms with van der Waals surface area (Å²) >= 11 is 8.21. The second kappa shape index (κ2) is 5.79. The number of aromatic hydroxyl groups is 1. The van der Waals surface area contributed by atoms with Crippen molar-refractivity contribution in [1.82, 2.24) is 0 Å². The molecule has 0 atom stereocenters. The number of rotatable bonds is 2. The molecular weight excluding hydrogens is 377 g/mol. The van der Waals surface area contributed by atoms with Gasteiger partial charge in [-0.2, -0.15) is 0 Å². The third-order valence-electron chi connectivity index (χ3n) is 2.73. The molecule has 0 unspecified atom stereocenters. The lowest BCUT2D eigenvalue weighted by Crippen LogP contribution is -2.13. The van der Waals surface area contributed by atoms with E-state index in [1.54, 1.807) is 37.3 Å². The van der Waals surface area contributed by atoms with Crippen molar-refractivity contribution in [2.24, 2.45) is 0 Å². The molecule has 2 aromatic carbocycles. The molecule has 2 aromatic rings. The first-order valence-corrected chi connectivity index (χ1v) is 6.99. The molecule has 0 bridgehead atoms. The van der Waals surface area contributed by atoms with Gasteiger partial charge < -0.3 is 10.4 Å². The van der Waals surface area contributed by atoms with Crippen molar-refractivity contribution in [2.45, 2.75) is 6.92 Å². The Hall–Kier alpha value is -1.27. The van der Waals surface area contributed by atoms with Gasteiger partial charge in [0.05, 0.1) is 10.7 Å². The lowest BCUT2D eigenvalue weighted by Gasteiger charge is -2.10. The Kier molecular flexibility index (Phi) is 4.31. The molecule has 2 rings (SSSR count). The van der Waals surface area contributed by atoms with Crippen LogP contribution >= 0.6 is 34.2 Å². The molecule has 0 spiro atoms. The van der Waals surface area contributed by atoms with E-state index in [9.17, 15) is 9.90 Å². The van der Waals surface area contributed by atoms with E-state index < -0.39 is 0 Å². The maximum absolute atomic E-state index is 12.1. The van der Waals surface area contributed by atoms with Gasteiger partial charge in [0.25, 0.3) is 5.91 Å². The van der Waals surface area contributed by atoms with Crippen molar-refractivity contribution in [3.8, 4) is 5.75 Å². The zero-order valence-electron chi connectivity index (χ0n) is 10.1. The van der Waals surface area contributed by atoms with Gasteiger partial charge in [0.2, 0.25) is 0 Å². The van der Waals surface area contributed by atoms with Crippen molar-refractivity contribution in [3.05, 3.63) is 56.1 Å². The third-order valence-corrected chi connectivity index (χ3v) is 3.71. The highest BCUT2D eigenvalue weighted by atomic mass is 127. The van der Waals surface area contributed by atoms with Crippen LogP contribution in [0.2, 0.25) is 5.02 Å². The molecule has 0 aliphatic rings. The second-order valence-electron chi connectivity index (χ2n) is 4.03. The number of benzene rings is 2. The molecule has 5 heteroatoms. The van der Waals surface area contributed by atoms with Gasteiger partial charge in [-0.25, -0.2) is 0 Å². The van der Waals surface area contributed by atoms with Gasteiger partial charge in [0.15, 0.2) is 0 Å². The van der Waals surface area contributed by atoms with Gasteiger partial charge >= 0.3 is 0 Å². The smallest absolute Gasteiger partial charge is 0.256 e. The number of carbonyl (C=O) groups excluding carboxylic acids is 1.